The van der Waals surface area contributed by atoms with Crippen LogP contribution in [0.3, 0.4) is 0 Å². The first-order valence-electron chi connectivity index (χ1n) is 6.89. The van der Waals surface area contributed by atoms with E-state index in [0.29, 0.717) is 18.4 Å². The summed E-state index contributed by atoms with van der Waals surface area (Å²) in [6, 6.07) is 7.05. The van der Waals surface area contributed by atoms with Gasteiger partial charge in [0.2, 0.25) is 5.91 Å². The van der Waals surface area contributed by atoms with Gasteiger partial charge < -0.3 is 10.0 Å². The zero-order chi connectivity index (χ0) is 16.1. The first kappa shape index (κ1) is 15.7. The van der Waals surface area contributed by atoms with Gasteiger partial charge in [-0.2, -0.15) is 5.10 Å². The molecule has 1 aromatic heterocycles. The summed E-state index contributed by atoms with van der Waals surface area (Å²) < 4.78 is 1.12. The zero-order valence-electron chi connectivity index (χ0n) is 12.2. The lowest BCUT2D eigenvalue weighted by molar-refractivity contribution is -0.138. The van der Waals surface area contributed by atoms with Gasteiger partial charge in [-0.25, -0.2) is 4.68 Å². The van der Waals surface area contributed by atoms with Crippen LogP contribution in [-0.2, 0) is 16.1 Å². The van der Waals surface area contributed by atoms with E-state index in [1.807, 2.05) is 6.07 Å². The van der Waals surface area contributed by atoms with Crippen molar-refractivity contribution in [2.75, 3.05) is 13.6 Å². The van der Waals surface area contributed by atoms with Crippen LogP contribution in [-0.4, -0.2) is 45.3 Å². The highest BCUT2D eigenvalue weighted by Gasteiger charge is 2.12. The van der Waals surface area contributed by atoms with Gasteiger partial charge in [0, 0.05) is 25.4 Å². The van der Waals surface area contributed by atoms with Crippen molar-refractivity contribution < 1.29 is 14.7 Å². The molecule has 0 aliphatic rings. The van der Waals surface area contributed by atoms with Crippen LogP contribution in [0.5, 0.6) is 0 Å². The van der Waals surface area contributed by atoms with Crippen molar-refractivity contribution in [3.8, 4) is 0 Å². The van der Waals surface area contributed by atoms with Gasteiger partial charge in [-0.1, -0.05) is 18.2 Å². The average molecular weight is 303 g/mol. The van der Waals surface area contributed by atoms with Crippen molar-refractivity contribution in [1.82, 2.24) is 14.7 Å². The Kier molecular flexibility index (Phi) is 4.88. The lowest BCUT2D eigenvalue weighted by Gasteiger charge is -2.17. The van der Waals surface area contributed by atoms with Crippen molar-refractivity contribution >= 4 is 22.6 Å². The molecular formula is C15H17N3O4. The second kappa shape index (κ2) is 6.84. The summed E-state index contributed by atoms with van der Waals surface area (Å²) in [5, 5.41) is 13.8. The molecule has 0 saturated heterocycles. The SMILES string of the molecule is CN(CCCC(=O)O)C(=O)Cn1ncc2ccccc2c1=O. The van der Waals surface area contributed by atoms with E-state index in [1.165, 1.54) is 4.90 Å². The number of benzene rings is 1. The molecule has 7 heteroatoms. The number of likely N-dealkylation sites (N-methyl/N-ethyl adjacent to an activating group) is 1. The summed E-state index contributed by atoms with van der Waals surface area (Å²) in [6.45, 7) is 0.167. The van der Waals surface area contributed by atoms with E-state index in [-0.39, 0.29) is 24.4 Å². The lowest BCUT2D eigenvalue weighted by atomic mass is 10.2. The fraction of sp³-hybridized carbons (Fsp3) is 0.333. The minimum Gasteiger partial charge on any atom is -0.481 e. The van der Waals surface area contributed by atoms with Crippen molar-refractivity contribution in [2.24, 2.45) is 0 Å². The predicted octanol–water partition coefficient (Wildman–Crippen LogP) is 0.720. The number of aliphatic carboxylic acids is 1. The van der Waals surface area contributed by atoms with Crippen molar-refractivity contribution in [1.29, 1.82) is 0 Å². The molecule has 0 aliphatic heterocycles. The molecule has 2 rings (SSSR count). The van der Waals surface area contributed by atoms with Gasteiger partial charge in [0.05, 0.1) is 11.6 Å². The molecule has 2 aromatic rings. The van der Waals surface area contributed by atoms with Crippen LogP contribution in [0.1, 0.15) is 12.8 Å². The number of carboxylic acid groups (broad SMARTS) is 1. The van der Waals surface area contributed by atoms with Crippen LogP contribution in [0, 0.1) is 0 Å². The van der Waals surface area contributed by atoms with E-state index < -0.39 is 5.97 Å². The number of carboxylic acids is 1. The summed E-state index contributed by atoms with van der Waals surface area (Å²) in [6.07, 6.45) is 1.93. The average Bonchev–Trinajstić information content (AvgIpc) is 2.49. The standard InChI is InChI=1S/C15H17N3O4/c1-17(8-4-7-14(20)21)13(19)10-18-15(22)12-6-3-2-5-11(12)9-16-18/h2-3,5-6,9H,4,7-8,10H2,1H3,(H,20,21). The maximum atomic E-state index is 12.2. The molecule has 0 aliphatic carbocycles. The highest BCUT2D eigenvalue weighted by Crippen LogP contribution is 2.06. The number of aromatic nitrogens is 2. The smallest absolute Gasteiger partial charge is 0.303 e. The molecule has 0 saturated carbocycles. The quantitative estimate of drug-likeness (QED) is 0.849. The Balaban J connectivity index is 2.07. The van der Waals surface area contributed by atoms with E-state index in [0.717, 1.165) is 10.1 Å². The van der Waals surface area contributed by atoms with Crippen LogP contribution in [0.4, 0.5) is 0 Å². The molecule has 0 unspecified atom stereocenters. The number of rotatable bonds is 6. The summed E-state index contributed by atoms with van der Waals surface area (Å²) in [7, 11) is 1.58. The number of hydrogen-bond acceptors (Lipinski definition) is 4. The van der Waals surface area contributed by atoms with Crippen LogP contribution >= 0.6 is 0 Å². The Labute approximate surface area is 126 Å². The van der Waals surface area contributed by atoms with E-state index in [1.54, 1.807) is 31.4 Å². The highest BCUT2D eigenvalue weighted by atomic mass is 16.4. The van der Waals surface area contributed by atoms with Crippen LogP contribution in [0.15, 0.2) is 35.3 Å². The largest absolute Gasteiger partial charge is 0.481 e. The van der Waals surface area contributed by atoms with Gasteiger partial charge in [0.25, 0.3) is 5.56 Å². The minimum absolute atomic E-state index is 0.00575. The van der Waals surface area contributed by atoms with E-state index in [4.69, 9.17) is 5.11 Å². The number of carbonyl (C=O) groups excluding carboxylic acids is 1. The summed E-state index contributed by atoms with van der Waals surface area (Å²) in [4.78, 5) is 36.2. The second-order valence-corrected chi connectivity index (χ2v) is 5.01. The molecule has 0 spiro atoms. The summed E-state index contributed by atoms with van der Waals surface area (Å²) >= 11 is 0. The lowest BCUT2D eigenvalue weighted by Crippen LogP contribution is -2.35. The van der Waals surface area contributed by atoms with Gasteiger partial charge in [0.1, 0.15) is 6.54 Å². The fourth-order valence-corrected chi connectivity index (χ4v) is 2.08. The molecule has 1 heterocycles. The van der Waals surface area contributed by atoms with Gasteiger partial charge in [-0.3, -0.25) is 14.4 Å². The van der Waals surface area contributed by atoms with Crippen molar-refractivity contribution in [2.45, 2.75) is 19.4 Å². The Morgan fingerprint density at radius 2 is 2.05 bits per heavy atom. The maximum absolute atomic E-state index is 12.2. The third-order valence-electron chi connectivity index (χ3n) is 3.36. The fourth-order valence-electron chi connectivity index (χ4n) is 2.08. The molecule has 116 valence electrons. The number of nitrogens with zero attached hydrogens (tertiary/aromatic N) is 3. The monoisotopic (exact) mass is 303 g/mol. The van der Waals surface area contributed by atoms with Crippen LogP contribution in [0.2, 0.25) is 0 Å². The normalized spacial score (nSPS) is 10.6. The molecule has 0 bridgehead atoms. The summed E-state index contributed by atoms with van der Waals surface area (Å²) in [5.74, 6) is -1.18. The van der Waals surface area contributed by atoms with Gasteiger partial charge in [-0.15, -0.1) is 0 Å². The van der Waals surface area contributed by atoms with E-state index >= 15 is 0 Å². The van der Waals surface area contributed by atoms with Crippen LogP contribution in [0.25, 0.3) is 10.8 Å². The second-order valence-electron chi connectivity index (χ2n) is 5.01. The Morgan fingerprint density at radius 1 is 1.32 bits per heavy atom. The van der Waals surface area contributed by atoms with Gasteiger partial charge >= 0.3 is 5.97 Å². The first-order chi connectivity index (χ1) is 10.5. The Hall–Kier alpha value is -2.70. The van der Waals surface area contributed by atoms with Gasteiger partial charge in [-0.05, 0) is 12.5 Å². The topological polar surface area (TPSA) is 92.5 Å². The predicted molar refractivity (Wildman–Crippen MR) is 80.5 cm³/mol. The maximum Gasteiger partial charge on any atom is 0.303 e. The van der Waals surface area contributed by atoms with Crippen molar-refractivity contribution in [3.63, 3.8) is 0 Å². The molecule has 1 N–H and O–H groups in total. The minimum atomic E-state index is -0.895. The molecule has 0 radical (unpaired) electrons. The molecule has 7 nitrogen and oxygen atoms in total. The van der Waals surface area contributed by atoms with E-state index in [9.17, 15) is 14.4 Å². The number of carbonyl (C=O) groups is 2. The summed E-state index contributed by atoms with van der Waals surface area (Å²) in [5.41, 5.74) is -0.314. The molecule has 0 atom stereocenters. The number of fused-ring (bicyclic) bond motifs is 1. The van der Waals surface area contributed by atoms with Gasteiger partial charge in [0.15, 0.2) is 0 Å². The third kappa shape index (κ3) is 3.69. The number of amides is 1. The third-order valence-corrected chi connectivity index (χ3v) is 3.36. The molecule has 1 amide bonds. The van der Waals surface area contributed by atoms with E-state index in [2.05, 4.69) is 5.10 Å². The highest BCUT2D eigenvalue weighted by molar-refractivity contribution is 5.81. The Morgan fingerprint density at radius 3 is 2.77 bits per heavy atom. The Bertz CT molecular complexity index is 754. The van der Waals surface area contributed by atoms with Crippen LogP contribution < -0.4 is 5.56 Å². The van der Waals surface area contributed by atoms with Crippen molar-refractivity contribution in [3.05, 3.63) is 40.8 Å². The molecule has 22 heavy (non-hydrogen) atoms. The molecule has 0 fully saturated rings. The number of hydrogen-bond donors (Lipinski definition) is 1. The molecule has 1 aromatic carbocycles. The zero-order valence-corrected chi connectivity index (χ0v) is 12.2. The first-order valence-corrected chi connectivity index (χ1v) is 6.89. The molecular weight excluding hydrogens is 286 g/mol.